The smallest absolute Gasteiger partial charge is 0.259 e. The summed E-state index contributed by atoms with van der Waals surface area (Å²) in [6, 6.07) is 7.11. The zero-order chi connectivity index (χ0) is 21.0. The molecule has 1 aliphatic carbocycles. The van der Waals surface area contributed by atoms with Gasteiger partial charge >= 0.3 is 0 Å². The molecule has 0 saturated heterocycles. The maximum Gasteiger partial charge on any atom is 0.259 e. The summed E-state index contributed by atoms with van der Waals surface area (Å²) in [5.41, 5.74) is 1.94. The number of ether oxygens (including phenoxy) is 1. The first kappa shape index (κ1) is 20.9. The van der Waals surface area contributed by atoms with Crippen LogP contribution in [0.25, 0.3) is 0 Å². The molecule has 8 heteroatoms. The quantitative estimate of drug-likeness (QED) is 0.723. The van der Waals surface area contributed by atoms with Crippen molar-refractivity contribution in [2.45, 2.75) is 39.0 Å². The van der Waals surface area contributed by atoms with Crippen molar-refractivity contribution in [3.05, 3.63) is 40.3 Å². The van der Waals surface area contributed by atoms with Gasteiger partial charge in [-0.05, 0) is 49.3 Å². The van der Waals surface area contributed by atoms with Crippen molar-refractivity contribution in [1.29, 1.82) is 0 Å². The van der Waals surface area contributed by atoms with Crippen LogP contribution in [-0.4, -0.2) is 24.9 Å². The van der Waals surface area contributed by atoms with Crippen LogP contribution in [0.3, 0.4) is 0 Å². The van der Waals surface area contributed by atoms with Crippen LogP contribution < -0.4 is 20.5 Å². The van der Waals surface area contributed by atoms with Crippen molar-refractivity contribution in [3.8, 4) is 5.75 Å². The summed E-state index contributed by atoms with van der Waals surface area (Å²) in [7, 11) is 1.53. The van der Waals surface area contributed by atoms with E-state index < -0.39 is 11.9 Å². The summed E-state index contributed by atoms with van der Waals surface area (Å²) in [5, 5.41) is 16.7. The van der Waals surface area contributed by atoms with Crippen molar-refractivity contribution in [3.63, 3.8) is 0 Å². The Morgan fingerprint density at radius 3 is 2.69 bits per heavy atom. The number of nitrogens with one attached hydrogen (secondary N) is 2. The fourth-order valence-corrected chi connectivity index (χ4v) is 4.84. The molecule has 1 atom stereocenters. The van der Waals surface area contributed by atoms with Gasteiger partial charge in [0.25, 0.3) is 5.91 Å². The zero-order valence-electron chi connectivity index (χ0n) is 16.4. The average molecular weight is 415 g/mol. The van der Waals surface area contributed by atoms with Crippen LogP contribution in [-0.2, 0) is 22.4 Å². The Kier molecular flexibility index (Phi) is 6.53. The summed E-state index contributed by atoms with van der Waals surface area (Å²) in [6.45, 7) is 2.16. The Bertz CT molecular complexity index is 937. The van der Waals surface area contributed by atoms with E-state index in [9.17, 15) is 19.5 Å². The van der Waals surface area contributed by atoms with Gasteiger partial charge in [0, 0.05) is 17.3 Å². The van der Waals surface area contributed by atoms with Gasteiger partial charge in [-0.2, -0.15) is 0 Å². The molecule has 0 aliphatic heterocycles. The first-order valence-corrected chi connectivity index (χ1v) is 10.3. The minimum Gasteiger partial charge on any atom is -0.550 e. The minimum absolute atomic E-state index is 0.200. The molecule has 1 heterocycles. The largest absolute Gasteiger partial charge is 0.550 e. The highest BCUT2D eigenvalue weighted by molar-refractivity contribution is 7.17. The van der Waals surface area contributed by atoms with Gasteiger partial charge in [-0.25, -0.2) is 0 Å². The molecule has 0 radical (unpaired) electrons. The molecule has 1 aromatic heterocycles. The predicted molar refractivity (Wildman–Crippen MR) is 109 cm³/mol. The zero-order valence-corrected chi connectivity index (χ0v) is 17.2. The number of benzene rings is 1. The molecule has 0 saturated carbocycles. The standard InChI is InChI=1S/C21H24N2O5S/c1-12-7-8-13-16(11-12)29-21(23-17(24)9-10-18(25)26)19(13)20(27)22-14-5-3-4-6-15(14)28-2/h3-6,12H,7-11H2,1-2H3,(H,22,27)(H,23,24)(H,25,26)/p-1/t12-/m0/s1. The van der Waals surface area contributed by atoms with E-state index in [0.717, 1.165) is 29.7 Å². The Morgan fingerprint density at radius 1 is 1.21 bits per heavy atom. The maximum absolute atomic E-state index is 13.1. The van der Waals surface area contributed by atoms with Gasteiger partial charge in [-0.1, -0.05) is 19.1 Å². The number of rotatable bonds is 7. The molecule has 1 aliphatic rings. The molecule has 0 spiro atoms. The summed E-state index contributed by atoms with van der Waals surface area (Å²) in [5.74, 6) is -1.01. The molecule has 0 unspecified atom stereocenters. The van der Waals surface area contributed by atoms with Crippen molar-refractivity contribution < 1.29 is 24.2 Å². The molecule has 154 valence electrons. The summed E-state index contributed by atoms with van der Waals surface area (Å²) in [4.78, 5) is 37.0. The average Bonchev–Trinajstić information content (AvgIpc) is 3.03. The van der Waals surface area contributed by atoms with E-state index in [0.29, 0.717) is 27.9 Å². The van der Waals surface area contributed by atoms with Gasteiger partial charge in [-0.3, -0.25) is 9.59 Å². The number of thiophene rings is 1. The normalized spacial score (nSPS) is 15.3. The van der Waals surface area contributed by atoms with Gasteiger partial charge in [0.1, 0.15) is 10.8 Å². The fraction of sp³-hybridized carbons (Fsp3) is 0.381. The molecule has 0 bridgehead atoms. The Morgan fingerprint density at radius 2 is 1.97 bits per heavy atom. The molecular formula is C21H23N2O5S-. The number of carbonyl (C=O) groups is 3. The van der Waals surface area contributed by atoms with Crippen molar-refractivity contribution >= 4 is 39.8 Å². The van der Waals surface area contributed by atoms with Crippen LogP contribution in [0.2, 0.25) is 0 Å². The lowest BCUT2D eigenvalue weighted by molar-refractivity contribution is -0.305. The van der Waals surface area contributed by atoms with Crippen LogP contribution in [0.15, 0.2) is 24.3 Å². The van der Waals surface area contributed by atoms with Gasteiger partial charge < -0.3 is 25.3 Å². The third-order valence-corrected chi connectivity index (χ3v) is 6.07. The third-order valence-electron chi connectivity index (χ3n) is 4.90. The molecule has 2 amide bonds. The van der Waals surface area contributed by atoms with Crippen LogP contribution in [0.5, 0.6) is 5.75 Å². The van der Waals surface area contributed by atoms with E-state index in [1.165, 1.54) is 18.4 Å². The number of hydrogen-bond acceptors (Lipinski definition) is 6. The number of fused-ring (bicyclic) bond motifs is 1. The Hall–Kier alpha value is -2.87. The number of amides is 2. The van der Waals surface area contributed by atoms with E-state index >= 15 is 0 Å². The van der Waals surface area contributed by atoms with E-state index in [1.807, 2.05) is 6.07 Å². The number of hydrogen-bond donors (Lipinski definition) is 2. The Labute approximate surface area is 173 Å². The van der Waals surface area contributed by atoms with Crippen LogP contribution in [0.1, 0.15) is 47.0 Å². The van der Waals surface area contributed by atoms with Crippen LogP contribution in [0, 0.1) is 5.92 Å². The highest BCUT2D eigenvalue weighted by Gasteiger charge is 2.28. The molecule has 2 aromatic rings. The summed E-state index contributed by atoms with van der Waals surface area (Å²) >= 11 is 1.39. The SMILES string of the molecule is COc1ccccc1NC(=O)c1c(NC(=O)CCC(=O)[O-])sc2c1CC[C@H](C)C2. The molecule has 7 nitrogen and oxygen atoms in total. The van der Waals surface area contributed by atoms with Crippen LogP contribution >= 0.6 is 11.3 Å². The molecule has 1 aromatic carbocycles. The van der Waals surface area contributed by atoms with E-state index in [4.69, 9.17) is 4.74 Å². The van der Waals surface area contributed by atoms with Crippen molar-refractivity contribution in [2.24, 2.45) is 5.92 Å². The minimum atomic E-state index is -1.28. The Balaban J connectivity index is 1.90. The van der Waals surface area contributed by atoms with E-state index in [-0.39, 0.29) is 18.7 Å². The summed E-state index contributed by atoms with van der Waals surface area (Å²) in [6.07, 6.45) is 2.02. The fourth-order valence-electron chi connectivity index (χ4n) is 3.42. The first-order chi connectivity index (χ1) is 13.9. The second-order valence-corrected chi connectivity index (χ2v) is 8.24. The number of aliphatic carboxylic acids is 1. The predicted octanol–water partition coefficient (Wildman–Crippen LogP) is 2.60. The number of methoxy groups -OCH3 is 1. The molecule has 0 fully saturated rings. The number of carbonyl (C=O) groups excluding carboxylic acids is 3. The first-order valence-electron chi connectivity index (χ1n) is 9.47. The second kappa shape index (κ2) is 9.09. The number of carboxylic acids is 1. The van der Waals surface area contributed by atoms with Gasteiger partial charge in [0.15, 0.2) is 0 Å². The highest BCUT2D eigenvalue weighted by atomic mass is 32.1. The lowest BCUT2D eigenvalue weighted by atomic mass is 9.88. The van der Waals surface area contributed by atoms with Gasteiger partial charge in [0.2, 0.25) is 5.91 Å². The highest BCUT2D eigenvalue weighted by Crippen LogP contribution is 2.40. The molecular weight excluding hydrogens is 392 g/mol. The molecule has 29 heavy (non-hydrogen) atoms. The third kappa shape index (κ3) is 4.95. The van der Waals surface area contributed by atoms with Gasteiger partial charge in [-0.15, -0.1) is 11.3 Å². The van der Waals surface area contributed by atoms with Crippen molar-refractivity contribution in [2.75, 3.05) is 17.7 Å². The van der Waals surface area contributed by atoms with Crippen molar-refractivity contribution in [1.82, 2.24) is 0 Å². The van der Waals surface area contributed by atoms with Crippen LogP contribution in [0.4, 0.5) is 10.7 Å². The summed E-state index contributed by atoms with van der Waals surface area (Å²) < 4.78 is 5.30. The van der Waals surface area contributed by atoms with E-state index in [1.54, 1.807) is 18.2 Å². The monoisotopic (exact) mass is 415 g/mol. The maximum atomic E-state index is 13.1. The number of para-hydroxylation sites is 2. The van der Waals surface area contributed by atoms with Gasteiger partial charge in [0.05, 0.1) is 18.4 Å². The van der Waals surface area contributed by atoms with E-state index in [2.05, 4.69) is 17.6 Å². The molecule has 3 rings (SSSR count). The topological polar surface area (TPSA) is 108 Å². The molecule has 2 N–H and O–H groups in total. The lowest BCUT2D eigenvalue weighted by Gasteiger charge is -2.19. The second-order valence-electron chi connectivity index (χ2n) is 7.13. The lowest BCUT2D eigenvalue weighted by Crippen LogP contribution is -2.24. The number of carboxylic acid groups (broad SMARTS) is 1. The number of anilines is 2.